The molecule has 0 aliphatic rings. The molecule has 0 bridgehead atoms. The van der Waals surface area contributed by atoms with Crippen molar-refractivity contribution in [1.82, 2.24) is 9.36 Å². The lowest BCUT2D eigenvalue weighted by molar-refractivity contribution is 0.179. The Bertz CT molecular complexity index is 317. The Hall–Kier alpha value is -0.680. The molecule has 1 rings (SSSR count). The summed E-state index contributed by atoms with van der Waals surface area (Å²) >= 11 is 1.40. The monoisotopic (exact) mass is 257 g/mol. The number of nitrogens with zero attached hydrogens (tertiary/aromatic N) is 2. The van der Waals surface area contributed by atoms with Gasteiger partial charge in [0, 0.05) is 25.2 Å². The first-order chi connectivity index (χ1) is 8.04. The van der Waals surface area contributed by atoms with E-state index in [1.165, 1.54) is 11.5 Å². The summed E-state index contributed by atoms with van der Waals surface area (Å²) in [5, 5.41) is 4.27. The minimum atomic E-state index is 0.482. The van der Waals surface area contributed by atoms with Gasteiger partial charge in [-0.2, -0.15) is 4.37 Å². The zero-order valence-corrected chi connectivity index (χ0v) is 12.2. The smallest absolute Gasteiger partial charge is 0.202 e. The number of anilines is 1. The van der Waals surface area contributed by atoms with Crippen LogP contribution in [0.5, 0.6) is 0 Å². The molecule has 5 heteroatoms. The summed E-state index contributed by atoms with van der Waals surface area (Å²) in [5.41, 5.74) is 0. The third-order valence-corrected chi connectivity index (χ3v) is 3.65. The van der Waals surface area contributed by atoms with Crippen molar-refractivity contribution in [2.45, 2.75) is 34.3 Å². The number of nitrogens with one attached hydrogen (secondary N) is 1. The molecule has 1 aromatic heterocycles. The van der Waals surface area contributed by atoms with Crippen LogP contribution in [-0.4, -0.2) is 23.0 Å². The third kappa shape index (κ3) is 4.60. The maximum absolute atomic E-state index is 5.00. The van der Waals surface area contributed by atoms with Crippen molar-refractivity contribution in [3.05, 3.63) is 5.82 Å². The van der Waals surface area contributed by atoms with Crippen LogP contribution >= 0.6 is 11.5 Å². The predicted octanol–water partition coefficient (Wildman–Crippen LogP) is 3.02. The largest absolute Gasteiger partial charge is 0.377 e. The molecule has 4 nitrogen and oxygen atoms in total. The van der Waals surface area contributed by atoms with Gasteiger partial charge in [-0.25, -0.2) is 4.98 Å². The second-order valence-corrected chi connectivity index (χ2v) is 5.73. The van der Waals surface area contributed by atoms with E-state index in [0.717, 1.165) is 17.5 Å². The summed E-state index contributed by atoms with van der Waals surface area (Å²) in [5.74, 6) is 2.76. The van der Waals surface area contributed by atoms with Gasteiger partial charge < -0.3 is 10.1 Å². The van der Waals surface area contributed by atoms with Crippen molar-refractivity contribution in [3.63, 3.8) is 0 Å². The minimum Gasteiger partial charge on any atom is -0.377 e. The highest BCUT2D eigenvalue weighted by Gasteiger charge is 2.17. The third-order valence-electron chi connectivity index (χ3n) is 2.94. The number of hydrogen-bond donors (Lipinski definition) is 1. The molecule has 0 atom stereocenters. The molecule has 0 radical (unpaired) electrons. The maximum Gasteiger partial charge on any atom is 0.202 e. The Morgan fingerprint density at radius 2 is 1.88 bits per heavy atom. The molecule has 1 aromatic rings. The SMILES string of the molecule is COCc1nsc(NCC(C(C)C)C(C)C)n1. The fourth-order valence-corrected chi connectivity index (χ4v) is 2.54. The van der Waals surface area contributed by atoms with Gasteiger partial charge in [-0.15, -0.1) is 0 Å². The van der Waals surface area contributed by atoms with E-state index in [2.05, 4.69) is 42.4 Å². The molecule has 0 aliphatic carbocycles. The number of methoxy groups -OCH3 is 1. The molecule has 17 heavy (non-hydrogen) atoms. The topological polar surface area (TPSA) is 47.0 Å². The zero-order chi connectivity index (χ0) is 12.8. The van der Waals surface area contributed by atoms with Crippen LogP contribution in [0.1, 0.15) is 33.5 Å². The van der Waals surface area contributed by atoms with E-state index >= 15 is 0 Å². The fourth-order valence-electron chi connectivity index (χ4n) is 1.96. The van der Waals surface area contributed by atoms with Gasteiger partial charge in [0.15, 0.2) is 5.82 Å². The van der Waals surface area contributed by atoms with Crippen LogP contribution < -0.4 is 5.32 Å². The maximum atomic E-state index is 5.00. The van der Waals surface area contributed by atoms with E-state index in [9.17, 15) is 0 Å². The van der Waals surface area contributed by atoms with Crippen LogP contribution in [0, 0.1) is 17.8 Å². The highest BCUT2D eigenvalue weighted by molar-refractivity contribution is 7.09. The summed E-state index contributed by atoms with van der Waals surface area (Å²) in [7, 11) is 1.65. The Morgan fingerprint density at radius 3 is 2.41 bits per heavy atom. The van der Waals surface area contributed by atoms with Gasteiger partial charge in [-0.1, -0.05) is 27.7 Å². The molecule has 0 fully saturated rings. The second-order valence-electron chi connectivity index (χ2n) is 4.98. The van der Waals surface area contributed by atoms with E-state index in [1.807, 2.05) is 0 Å². The normalized spacial score (nSPS) is 11.8. The lowest BCUT2D eigenvalue weighted by Crippen LogP contribution is -2.24. The van der Waals surface area contributed by atoms with Gasteiger partial charge in [-0.05, 0) is 17.8 Å². The van der Waals surface area contributed by atoms with Gasteiger partial charge in [0.1, 0.15) is 6.61 Å². The standard InChI is InChI=1S/C12H23N3OS/c1-8(2)10(9(3)4)6-13-12-14-11(7-16-5)15-17-12/h8-10H,6-7H2,1-5H3,(H,13,14,15). The molecule has 1 N–H and O–H groups in total. The quantitative estimate of drug-likeness (QED) is 0.815. The summed E-state index contributed by atoms with van der Waals surface area (Å²) in [6, 6.07) is 0. The van der Waals surface area contributed by atoms with Gasteiger partial charge in [0.2, 0.25) is 5.13 Å². The van der Waals surface area contributed by atoms with Gasteiger partial charge in [0.25, 0.3) is 0 Å². The fraction of sp³-hybridized carbons (Fsp3) is 0.833. The summed E-state index contributed by atoms with van der Waals surface area (Å²) < 4.78 is 9.21. The highest BCUT2D eigenvalue weighted by Crippen LogP contribution is 2.21. The van der Waals surface area contributed by atoms with E-state index in [0.29, 0.717) is 24.4 Å². The van der Waals surface area contributed by atoms with Crippen molar-refractivity contribution in [1.29, 1.82) is 0 Å². The predicted molar refractivity (Wildman–Crippen MR) is 72.3 cm³/mol. The summed E-state index contributed by atoms with van der Waals surface area (Å²) in [4.78, 5) is 4.36. The molecule has 0 unspecified atom stereocenters. The van der Waals surface area contributed by atoms with E-state index in [1.54, 1.807) is 7.11 Å². The molecule has 0 aromatic carbocycles. The first kappa shape index (κ1) is 14.4. The van der Waals surface area contributed by atoms with Gasteiger partial charge in [0.05, 0.1) is 0 Å². The molecule has 0 saturated heterocycles. The number of rotatable bonds is 7. The number of ether oxygens (including phenoxy) is 1. The molecule has 1 heterocycles. The van der Waals surface area contributed by atoms with Crippen molar-refractivity contribution < 1.29 is 4.74 Å². The molecule has 98 valence electrons. The van der Waals surface area contributed by atoms with E-state index in [4.69, 9.17) is 4.74 Å². The Balaban J connectivity index is 2.47. The molecule has 0 aliphatic heterocycles. The lowest BCUT2D eigenvalue weighted by Gasteiger charge is -2.24. The van der Waals surface area contributed by atoms with Crippen LogP contribution in [0.4, 0.5) is 5.13 Å². The van der Waals surface area contributed by atoms with Gasteiger partial charge >= 0.3 is 0 Å². The zero-order valence-electron chi connectivity index (χ0n) is 11.4. The summed E-state index contributed by atoms with van der Waals surface area (Å²) in [6.45, 7) is 10.5. The molecular weight excluding hydrogens is 234 g/mol. The van der Waals surface area contributed by atoms with Gasteiger partial charge in [-0.3, -0.25) is 0 Å². The summed E-state index contributed by atoms with van der Waals surface area (Å²) in [6.07, 6.45) is 0. The van der Waals surface area contributed by atoms with Crippen LogP contribution in [-0.2, 0) is 11.3 Å². The second kappa shape index (κ2) is 6.91. The average Bonchev–Trinajstić information content (AvgIpc) is 2.65. The van der Waals surface area contributed by atoms with Crippen molar-refractivity contribution in [2.75, 3.05) is 19.0 Å². The van der Waals surface area contributed by atoms with Crippen molar-refractivity contribution in [2.24, 2.45) is 17.8 Å². The lowest BCUT2D eigenvalue weighted by atomic mass is 9.86. The Morgan fingerprint density at radius 1 is 1.24 bits per heavy atom. The molecule has 0 amide bonds. The first-order valence-corrected chi connectivity index (χ1v) is 6.87. The first-order valence-electron chi connectivity index (χ1n) is 6.10. The van der Waals surface area contributed by atoms with Crippen molar-refractivity contribution in [3.8, 4) is 0 Å². The molecule has 0 spiro atoms. The van der Waals surface area contributed by atoms with Crippen LogP contribution in [0.3, 0.4) is 0 Å². The minimum absolute atomic E-state index is 0.482. The van der Waals surface area contributed by atoms with Crippen LogP contribution in [0.2, 0.25) is 0 Å². The molecule has 0 saturated carbocycles. The highest BCUT2D eigenvalue weighted by atomic mass is 32.1. The van der Waals surface area contributed by atoms with E-state index in [-0.39, 0.29) is 0 Å². The average molecular weight is 257 g/mol. The van der Waals surface area contributed by atoms with Crippen LogP contribution in [0.15, 0.2) is 0 Å². The van der Waals surface area contributed by atoms with Crippen molar-refractivity contribution >= 4 is 16.7 Å². The van der Waals surface area contributed by atoms with Crippen LogP contribution in [0.25, 0.3) is 0 Å². The Kier molecular flexibility index (Phi) is 5.85. The number of aromatic nitrogens is 2. The number of hydrogen-bond acceptors (Lipinski definition) is 5. The van der Waals surface area contributed by atoms with E-state index < -0.39 is 0 Å². The molecular formula is C12H23N3OS. The Labute approximate surface area is 108 Å².